The highest BCUT2D eigenvalue weighted by molar-refractivity contribution is 6.09. The molecule has 0 aromatic heterocycles. The molecule has 1 aliphatic carbocycles. The van der Waals surface area contributed by atoms with E-state index in [1.807, 2.05) is 19.1 Å². The van der Waals surface area contributed by atoms with Crippen LogP contribution in [0.15, 0.2) is 18.2 Å². The molecule has 2 aliphatic rings. The zero-order valence-electron chi connectivity index (χ0n) is 18.0. The van der Waals surface area contributed by atoms with Crippen molar-refractivity contribution in [2.75, 3.05) is 27.3 Å². The predicted molar refractivity (Wildman–Crippen MR) is 111 cm³/mol. The molecule has 1 saturated heterocycles. The van der Waals surface area contributed by atoms with E-state index in [-0.39, 0.29) is 18.4 Å². The largest absolute Gasteiger partial charge is 0.493 e. The highest BCUT2D eigenvalue weighted by Crippen LogP contribution is 2.33. The van der Waals surface area contributed by atoms with Crippen LogP contribution in [-0.4, -0.2) is 60.5 Å². The normalized spacial score (nSPS) is 18.2. The molecule has 2 fully saturated rings. The van der Waals surface area contributed by atoms with Crippen LogP contribution >= 0.6 is 0 Å². The first-order valence-corrected chi connectivity index (χ1v) is 10.6. The number of carbonyl (C=O) groups excluding carboxylic acids is 3. The van der Waals surface area contributed by atoms with Gasteiger partial charge < -0.3 is 19.7 Å². The number of nitrogens with one attached hydrogen (secondary N) is 1. The van der Waals surface area contributed by atoms with Gasteiger partial charge in [-0.15, -0.1) is 0 Å². The first-order valence-electron chi connectivity index (χ1n) is 10.6. The number of urea groups is 1. The van der Waals surface area contributed by atoms with E-state index in [9.17, 15) is 14.4 Å². The van der Waals surface area contributed by atoms with E-state index < -0.39 is 11.6 Å². The van der Waals surface area contributed by atoms with E-state index in [1.54, 1.807) is 25.2 Å². The molecular weight excluding hydrogens is 386 g/mol. The van der Waals surface area contributed by atoms with E-state index in [1.165, 1.54) is 0 Å². The number of amides is 4. The summed E-state index contributed by atoms with van der Waals surface area (Å²) in [4.78, 5) is 41.2. The van der Waals surface area contributed by atoms with Crippen molar-refractivity contribution in [3.8, 4) is 11.5 Å². The Hall–Kier alpha value is -2.77. The molecule has 164 valence electrons. The Kier molecular flexibility index (Phi) is 6.84. The Morgan fingerprint density at radius 3 is 2.37 bits per heavy atom. The number of methoxy groups -OCH3 is 2. The van der Waals surface area contributed by atoms with Gasteiger partial charge in [-0.1, -0.05) is 31.7 Å². The first-order chi connectivity index (χ1) is 14.4. The molecule has 0 atom stereocenters. The van der Waals surface area contributed by atoms with E-state index in [4.69, 9.17) is 9.47 Å². The molecule has 1 aromatic carbocycles. The summed E-state index contributed by atoms with van der Waals surface area (Å²) in [6, 6.07) is 5.02. The molecule has 1 N–H and O–H groups in total. The number of hydrogen-bond donors (Lipinski definition) is 1. The van der Waals surface area contributed by atoms with Gasteiger partial charge in [0.1, 0.15) is 12.1 Å². The zero-order valence-corrected chi connectivity index (χ0v) is 18.0. The summed E-state index contributed by atoms with van der Waals surface area (Å²) in [7, 11) is 3.13. The van der Waals surface area contributed by atoms with Crippen LogP contribution < -0.4 is 14.8 Å². The third-order valence-corrected chi connectivity index (χ3v) is 6.05. The fourth-order valence-corrected chi connectivity index (χ4v) is 4.30. The molecule has 0 radical (unpaired) electrons. The first kappa shape index (κ1) is 21.9. The van der Waals surface area contributed by atoms with Crippen LogP contribution in [0, 0.1) is 0 Å². The third kappa shape index (κ3) is 4.37. The summed E-state index contributed by atoms with van der Waals surface area (Å²) in [5.41, 5.74) is 0.0501. The lowest BCUT2D eigenvalue weighted by Crippen LogP contribution is -2.47. The minimum atomic E-state index is -0.825. The number of ether oxygens (including phenoxy) is 2. The van der Waals surface area contributed by atoms with Gasteiger partial charge in [-0.2, -0.15) is 0 Å². The Morgan fingerprint density at radius 2 is 1.77 bits per heavy atom. The molecule has 1 spiro atoms. The number of rotatable bonds is 7. The van der Waals surface area contributed by atoms with Gasteiger partial charge in [-0.25, -0.2) is 4.79 Å². The van der Waals surface area contributed by atoms with Crippen LogP contribution in [-0.2, 0) is 16.1 Å². The number of nitrogens with zero attached hydrogens (tertiary/aromatic N) is 2. The maximum atomic E-state index is 13.0. The molecule has 3 rings (SSSR count). The highest BCUT2D eigenvalue weighted by Gasteiger charge is 2.51. The quantitative estimate of drug-likeness (QED) is 0.689. The van der Waals surface area contributed by atoms with Crippen LogP contribution in [0.5, 0.6) is 11.5 Å². The maximum Gasteiger partial charge on any atom is 0.325 e. The smallest absolute Gasteiger partial charge is 0.325 e. The predicted octanol–water partition coefficient (Wildman–Crippen LogP) is 2.70. The summed E-state index contributed by atoms with van der Waals surface area (Å²) in [5.74, 6) is 0.679. The van der Waals surface area contributed by atoms with E-state index in [0.717, 1.165) is 36.1 Å². The highest BCUT2D eigenvalue weighted by atomic mass is 16.5. The number of hydrogen-bond acceptors (Lipinski definition) is 5. The number of likely N-dealkylation sites (N-methyl/N-ethyl adjacent to an activating group) is 1. The van der Waals surface area contributed by atoms with E-state index in [2.05, 4.69) is 5.32 Å². The minimum absolute atomic E-state index is 0.243. The van der Waals surface area contributed by atoms with Crippen molar-refractivity contribution in [1.82, 2.24) is 15.1 Å². The second-order valence-corrected chi connectivity index (χ2v) is 7.92. The van der Waals surface area contributed by atoms with Gasteiger partial charge in [-0.05, 0) is 37.5 Å². The van der Waals surface area contributed by atoms with Crippen molar-refractivity contribution in [3.05, 3.63) is 23.8 Å². The van der Waals surface area contributed by atoms with Crippen molar-refractivity contribution in [1.29, 1.82) is 0 Å². The van der Waals surface area contributed by atoms with Crippen molar-refractivity contribution in [3.63, 3.8) is 0 Å². The number of imide groups is 1. The molecule has 0 unspecified atom stereocenters. The second-order valence-electron chi connectivity index (χ2n) is 7.92. The van der Waals surface area contributed by atoms with Gasteiger partial charge in [0.2, 0.25) is 5.91 Å². The average molecular weight is 418 g/mol. The number of benzene rings is 1. The molecule has 8 heteroatoms. The van der Waals surface area contributed by atoms with Crippen LogP contribution in [0.1, 0.15) is 51.0 Å². The monoisotopic (exact) mass is 417 g/mol. The van der Waals surface area contributed by atoms with E-state index >= 15 is 0 Å². The van der Waals surface area contributed by atoms with Crippen molar-refractivity contribution in [2.45, 2.75) is 57.5 Å². The lowest BCUT2D eigenvalue weighted by atomic mass is 9.90. The zero-order chi connectivity index (χ0) is 21.7. The molecule has 4 amide bonds. The molecule has 30 heavy (non-hydrogen) atoms. The van der Waals surface area contributed by atoms with Gasteiger partial charge >= 0.3 is 6.03 Å². The van der Waals surface area contributed by atoms with Gasteiger partial charge in [0.25, 0.3) is 5.91 Å². The minimum Gasteiger partial charge on any atom is -0.493 e. The van der Waals surface area contributed by atoms with Crippen LogP contribution in [0.25, 0.3) is 0 Å². The topological polar surface area (TPSA) is 88.2 Å². The Bertz CT molecular complexity index is 802. The molecule has 8 nitrogen and oxygen atoms in total. The summed E-state index contributed by atoms with van der Waals surface area (Å²) in [6.07, 6.45) is 5.25. The van der Waals surface area contributed by atoms with Gasteiger partial charge in [-0.3, -0.25) is 14.5 Å². The molecular formula is C22H31N3O5. The summed E-state index contributed by atoms with van der Waals surface area (Å²) in [6.45, 7) is 2.44. The van der Waals surface area contributed by atoms with Crippen molar-refractivity contribution in [2.24, 2.45) is 0 Å². The number of carbonyl (C=O) groups is 3. The molecule has 1 aliphatic heterocycles. The Balaban J connectivity index is 1.69. The maximum absolute atomic E-state index is 13.0. The Labute approximate surface area is 177 Å². The molecule has 1 aromatic rings. The molecule has 1 heterocycles. The lowest BCUT2D eigenvalue weighted by Gasteiger charge is -2.26. The van der Waals surface area contributed by atoms with Gasteiger partial charge in [0.15, 0.2) is 11.5 Å². The standard InChI is InChI=1S/C22H31N3O5/c1-4-24(14-16-9-10-17(29-2)18(13-16)30-3)19(26)15-25-20(27)22(23-21(25)28)11-7-5-6-8-12-22/h9-10,13H,4-8,11-12,14-15H2,1-3H3,(H,23,28). The lowest BCUT2D eigenvalue weighted by molar-refractivity contribution is -0.139. The van der Waals surface area contributed by atoms with Crippen LogP contribution in [0.3, 0.4) is 0 Å². The second kappa shape index (κ2) is 9.36. The Morgan fingerprint density at radius 1 is 1.10 bits per heavy atom. The summed E-state index contributed by atoms with van der Waals surface area (Å²) >= 11 is 0. The fourth-order valence-electron chi connectivity index (χ4n) is 4.30. The summed E-state index contributed by atoms with van der Waals surface area (Å²) in [5, 5.41) is 2.89. The SMILES string of the molecule is CCN(Cc1ccc(OC)c(OC)c1)C(=O)CN1C(=O)NC2(CCCCCC2)C1=O. The third-order valence-electron chi connectivity index (χ3n) is 6.05. The average Bonchev–Trinajstić information content (AvgIpc) is 2.91. The molecule has 0 bridgehead atoms. The van der Waals surface area contributed by atoms with Crippen molar-refractivity contribution < 1.29 is 23.9 Å². The van der Waals surface area contributed by atoms with Gasteiger partial charge in [0.05, 0.1) is 14.2 Å². The van der Waals surface area contributed by atoms with Crippen LogP contribution in [0.2, 0.25) is 0 Å². The molecule has 1 saturated carbocycles. The van der Waals surface area contributed by atoms with Gasteiger partial charge in [0, 0.05) is 13.1 Å². The fraction of sp³-hybridized carbons (Fsp3) is 0.591. The van der Waals surface area contributed by atoms with Crippen molar-refractivity contribution >= 4 is 17.8 Å². The van der Waals surface area contributed by atoms with Crippen LogP contribution in [0.4, 0.5) is 4.79 Å². The summed E-state index contributed by atoms with van der Waals surface area (Å²) < 4.78 is 10.6. The van der Waals surface area contributed by atoms with E-state index in [0.29, 0.717) is 37.4 Å².